The lowest BCUT2D eigenvalue weighted by molar-refractivity contribution is -0.137. The quantitative estimate of drug-likeness (QED) is 0.171. The van der Waals surface area contributed by atoms with E-state index in [9.17, 15) is 23.2 Å². The van der Waals surface area contributed by atoms with Gasteiger partial charge in [-0.05, 0) is 60.8 Å². The Morgan fingerprint density at radius 2 is 1.68 bits per heavy atom. The molecule has 2 heterocycles. The lowest BCUT2D eigenvalue weighted by Gasteiger charge is -2.49. The van der Waals surface area contributed by atoms with Crippen LogP contribution in [0.5, 0.6) is 0 Å². The van der Waals surface area contributed by atoms with E-state index in [0.717, 1.165) is 72.3 Å². The molecular weight excluding hydrogens is 530 g/mol. The van der Waals surface area contributed by atoms with Gasteiger partial charge in [-0.3, -0.25) is 19.7 Å². The third-order valence-electron chi connectivity index (χ3n) is 8.76. The molecule has 0 spiro atoms. The highest BCUT2D eigenvalue weighted by atomic mass is 32.2. The second-order valence-electron chi connectivity index (χ2n) is 11.7. The number of benzene rings is 2. The van der Waals surface area contributed by atoms with Gasteiger partial charge >= 0.3 is 0 Å². The van der Waals surface area contributed by atoms with Crippen LogP contribution in [-0.4, -0.2) is 40.3 Å². The highest BCUT2D eigenvalue weighted by Crippen LogP contribution is 2.56. The van der Waals surface area contributed by atoms with E-state index < -0.39 is 12.0 Å². The second kappa shape index (κ2) is 12.0. The topological polar surface area (TPSA) is 66.5 Å². The van der Waals surface area contributed by atoms with Gasteiger partial charge in [0.1, 0.15) is 6.04 Å². The minimum absolute atomic E-state index is 0.0256. The Balaban J connectivity index is 1.03. The number of carbonyl (C=O) groups is 3. The summed E-state index contributed by atoms with van der Waals surface area (Å²) in [5.41, 5.74) is 3.49. The van der Waals surface area contributed by atoms with Crippen LogP contribution >= 0.6 is 11.8 Å². The molecule has 214 valence electrons. The molecule has 40 heavy (non-hydrogen) atoms. The highest BCUT2D eigenvalue weighted by molar-refractivity contribution is 7.99. The number of amides is 3. The number of fused-ring (bicyclic) bond motifs is 1. The van der Waals surface area contributed by atoms with Crippen molar-refractivity contribution in [2.24, 2.45) is 0 Å². The van der Waals surface area contributed by atoms with Gasteiger partial charge in [0.15, 0.2) is 0 Å². The smallest absolute Gasteiger partial charge is 0.255 e. The number of halogens is 2. The van der Waals surface area contributed by atoms with Crippen molar-refractivity contribution in [2.75, 3.05) is 5.75 Å². The minimum atomic E-state index is -2.53. The summed E-state index contributed by atoms with van der Waals surface area (Å²) in [6.45, 7) is 2.43. The maximum absolute atomic E-state index is 13.9. The predicted octanol–water partition coefficient (Wildman–Crippen LogP) is 6.95. The number of imide groups is 1. The van der Waals surface area contributed by atoms with Crippen molar-refractivity contribution in [3.8, 4) is 0 Å². The first-order chi connectivity index (χ1) is 19.2. The van der Waals surface area contributed by atoms with E-state index in [-0.39, 0.29) is 42.4 Å². The first-order valence-electron chi connectivity index (χ1n) is 14.5. The Kier molecular flexibility index (Phi) is 8.64. The fourth-order valence-electron chi connectivity index (χ4n) is 6.76. The van der Waals surface area contributed by atoms with E-state index in [1.165, 1.54) is 0 Å². The van der Waals surface area contributed by atoms with Gasteiger partial charge in [0.25, 0.3) is 5.91 Å². The van der Waals surface area contributed by atoms with Gasteiger partial charge in [0.2, 0.25) is 17.7 Å². The van der Waals surface area contributed by atoms with Gasteiger partial charge < -0.3 is 4.90 Å². The molecule has 0 radical (unpaired) electrons. The summed E-state index contributed by atoms with van der Waals surface area (Å²) < 4.78 is 27.8. The fourth-order valence-corrected chi connectivity index (χ4v) is 7.85. The Morgan fingerprint density at radius 3 is 2.40 bits per heavy atom. The van der Waals surface area contributed by atoms with Crippen molar-refractivity contribution < 1.29 is 23.2 Å². The van der Waals surface area contributed by atoms with Crippen LogP contribution in [0.25, 0.3) is 0 Å². The highest BCUT2D eigenvalue weighted by Gasteiger charge is 2.56. The predicted molar refractivity (Wildman–Crippen MR) is 153 cm³/mol. The van der Waals surface area contributed by atoms with E-state index in [1.807, 2.05) is 49.4 Å². The molecule has 1 atom stereocenters. The van der Waals surface area contributed by atoms with Gasteiger partial charge in [-0.15, -0.1) is 11.8 Å². The average Bonchev–Trinajstić information content (AvgIpc) is 3.23. The molecular formula is C32H38F2N2O3S. The summed E-state index contributed by atoms with van der Waals surface area (Å²) in [6, 6.07) is 13.2. The van der Waals surface area contributed by atoms with Crippen LogP contribution in [-0.2, 0) is 21.5 Å². The minimum Gasteiger partial charge on any atom is -0.322 e. The van der Waals surface area contributed by atoms with Crippen LogP contribution in [0.15, 0.2) is 47.4 Å². The number of unbranched alkanes of at least 4 members (excludes halogenated alkanes) is 5. The normalized spacial score (nSPS) is 21.2. The Hall–Kier alpha value is -2.74. The number of hydrogen-bond acceptors (Lipinski definition) is 4. The summed E-state index contributed by atoms with van der Waals surface area (Å²) in [4.78, 5) is 39.5. The van der Waals surface area contributed by atoms with Crippen LogP contribution < -0.4 is 5.32 Å². The van der Waals surface area contributed by atoms with Crippen molar-refractivity contribution in [1.29, 1.82) is 0 Å². The average molecular weight is 569 g/mol. The van der Waals surface area contributed by atoms with Gasteiger partial charge in [-0.2, -0.15) is 0 Å². The standard InChI is InChI=1S/C32H38F2N2O3S/c1-22-11-6-7-13-25(22)31(20-32(33,34)21-31)17-8-4-2-3-5-9-18-40-27-14-10-12-23-24(27)19-36(30(23)39)26-15-16-28(37)35-29(26)38/h6-7,10-14,26H,2-5,8-9,15-21H2,1H3,(H,35,37,38). The van der Waals surface area contributed by atoms with Crippen LogP contribution in [0.1, 0.15) is 97.7 Å². The molecule has 2 fully saturated rings. The number of alkyl halides is 2. The molecule has 2 aliphatic heterocycles. The van der Waals surface area contributed by atoms with E-state index >= 15 is 0 Å². The Labute approximate surface area is 239 Å². The number of hydrogen-bond donors (Lipinski definition) is 1. The van der Waals surface area contributed by atoms with Crippen molar-refractivity contribution in [2.45, 2.75) is 106 Å². The zero-order chi connectivity index (χ0) is 28.3. The fraction of sp³-hybridized carbons (Fsp3) is 0.531. The van der Waals surface area contributed by atoms with E-state index in [2.05, 4.69) is 5.32 Å². The largest absolute Gasteiger partial charge is 0.322 e. The van der Waals surface area contributed by atoms with Crippen LogP contribution in [0, 0.1) is 6.92 Å². The van der Waals surface area contributed by atoms with E-state index in [4.69, 9.17) is 0 Å². The third kappa shape index (κ3) is 6.12. The number of nitrogens with zero attached hydrogens (tertiary/aromatic N) is 1. The number of thioether (sulfide) groups is 1. The lowest BCUT2D eigenvalue weighted by atomic mass is 9.59. The summed E-state index contributed by atoms with van der Waals surface area (Å²) >= 11 is 1.75. The molecule has 0 bridgehead atoms. The van der Waals surface area contributed by atoms with E-state index in [1.54, 1.807) is 16.7 Å². The van der Waals surface area contributed by atoms with Crippen LogP contribution in [0.3, 0.4) is 0 Å². The zero-order valence-corrected chi connectivity index (χ0v) is 24.0. The number of rotatable bonds is 12. The van der Waals surface area contributed by atoms with Gasteiger partial charge in [0.05, 0.1) is 0 Å². The second-order valence-corrected chi connectivity index (χ2v) is 12.8. The molecule has 3 amide bonds. The Morgan fingerprint density at radius 1 is 0.950 bits per heavy atom. The summed E-state index contributed by atoms with van der Waals surface area (Å²) in [6.07, 6.45) is 7.87. The monoisotopic (exact) mass is 568 g/mol. The van der Waals surface area contributed by atoms with Crippen molar-refractivity contribution in [3.63, 3.8) is 0 Å². The molecule has 0 aromatic heterocycles. The molecule has 2 aromatic carbocycles. The summed E-state index contributed by atoms with van der Waals surface area (Å²) in [7, 11) is 0. The van der Waals surface area contributed by atoms with Gasteiger partial charge in [-0.1, -0.05) is 62.4 Å². The van der Waals surface area contributed by atoms with E-state index in [0.29, 0.717) is 18.5 Å². The SMILES string of the molecule is Cc1ccccc1C1(CCCCCCCCSc2cccc3c2CN(C2CCC(=O)NC2=O)C3=O)CC(F)(F)C1. The summed E-state index contributed by atoms with van der Waals surface area (Å²) in [5.74, 6) is -2.38. The van der Waals surface area contributed by atoms with Crippen molar-refractivity contribution in [3.05, 3.63) is 64.7 Å². The molecule has 2 aromatic rings. The molecule has 1 saturated heterocycles. The molecule has 5 rings (SSSR count). The lowest BCUT2D eigenvalue weighted by Crippen LogP contribution is -2.52. The van der Waals surface area contributed by atoms with Crippen LogP contribution in [0.2, 0.25) is 0 Å². The maximum Gasteiger partial charge on any atom is 0.255 e. The third-order valence-corrected chi connectivity index (χ3v) is 9.94. The molecule has 3 aliphatic rings. The Bertz CT molecular complexity index is 1270. The zero-order valence-electron chi connectivity index (χ0n) is 23.1. The maximum atomic E-state index is 13.9. The number of piperidine rings is 1. The number of nitrogens with one attached hydrogen (secondary N) is 1. The molecule has 1 unspecified atom stereocenters. The molecule has 8 heteroatoms. The summed E-state index contributed by atoms with van der Waals surface area (Å²) in [5, 5.41) is 2.35. The first-order valence-corrected chi connectivity index (χ1v) is 15.5. The van der Waals surface area contributed by atoms with Crippen LogP contribution in [0.4, 0.5) is 8.78 Å². The molecule has 1 saturated carbocycles. The molecule has 1 N–H and O–H groups in total. The van der Waals surface area contributed by atoms with Crippen molar-refractivity contribution >= 4 is 29.5 Å². The van der Waals surface area contributed by atoms with Crippen molar-refractivity contribution in [1.82, 2.24) is 10.2 Å². The first kappa shape index (κ1) is 28.8. The molecule has 5 nitrogen and oxygen atoms in total. The van der Waals surface area contributed by atoms with Gasteiger partial charge in [0, 0.05) is 41.7 Å². The number of carbonyl (C=O) groups excluding carboxylic acids is 3. The molecule has 1 aliphatic carbocycles. The number of aryl methyl sites for hydroxylation is 1. The van der Waals surface area contributed by atoms with Gasteiger partial charge in [-0.25, -0.2) is 8.78 Å².